The van der Waals surface area contributed by atoms with Gasteiger partial charge in [-0.2, -0.15) is 0 Å². The lowest BCUT2D eigenvalue weighted by atomic mass is 10.1. The zero-order chi connectivity index (χ0) is 19.3. The van der Waals surface area contributed by atoms with Gasteiger partial charge in [0.15, 0.2) is 11.5 Å². The molecule has 7 nitrogen and oxygen atoms in total. The summed E-state index contributed by atoms with van der Waals surface area (Å²) in [5, 5.41) is 11.4. The average Bonchev–Trinajstić information content (AvgIpc) is 3.35. The number of carbonyl (C=O) groups excluding carboxylic acids is 1. The van der Waals surface area contributed by atoms with Crippen molar-refractivity contribution in [3.05, 3.63) is 65.5 Å². The molecule has 4 rings (SSSR count). The fourth-order valence-corrected chi connectivity index (χ4v) is 3.41. The smallest absolute Gasteiger partial charge is 0.277 e. The number of amides is 1. The summed E-state index contributed by atoms with van der Waals surface area (Å²) in [6.07, 6.45) is 0.571. The molecule has 1 aliphatic rings. The largest absolute Gasteiger partial charge is 0.454 e. The van der Waals surface area contributed by atoms with Gasteiger partial charge in [0.2, 0.25) is 18.6 Å². The van der Waals surface area contributed by atoms with Gasteiger partial charge in [-0.3, -0.25) is 4.79 Å². The summed E-state index contributed by atoms with van der Waals surface area (Å²) >= 11 is 1.22. The fourth-order valence-electron chi connectivity index (χ4n) is 2.81. The molecule has 0 unspecified atom stereocenters. The highest BCUT2D eigenvalue weighted by Gasteiger charge is 2.17. The molecule has 1 amide bonds. The Hall–Kier alpha value is -3.00. The number of rotatable bonds is 7. The highest BCUT2D eigenvalue weighted by Crippen LogP contribution is 2.34. The molecule has 2 aromatic carbocycles. The SMILES string of the molecule is C[C@H](NC(=O)CSc1nnc(Cc2ccccc2)o1)c1ccc2c(c1)OCO2. The third kappa shape index (κ3) is 4.45. The molecule has 1 aromatic heterocycles. The van der Waals surface area contributed by atoms with Gasteiger partial charge in [-0.15, -0.1) is 10.2 Å². The second kappa shape index (κ2) is 8.35. The third-order valence-corrected chi connectivity index (χ3v) is 5.07. The van der Waals surface area contributed by atoms with E-state index in [0.717, 1.165) is 16.9 Å². The van der Waals surface area contributed by atoms with Crippen molar-refractivity contribution in [2.45, 2.75) is 24.6 Å². The lowest BCUT2D eigenvalue weighted by molar-refractivity contribution is -0.119. The predicted molar refractivity (Wildman–Crippen MR) is 103 cm³/mol. The number of nitrogens with zero attached hydrogens (tertiary/aromatic N) is 2. The van der Waals surface area contributed by atoms with Gasteiger partial charge in [0, 0.05) is 0 Å². The first kappa shape index (κ1) is 18.4. The van der Waals surface area contributed by atoms with Crippen LogP contribution in [0.15, 0.2) is 58.2 Å². The predicted octanol–water partition coefficient (Wildman–Crippen LogP) is 3.36. The Morgan fingerprint density at radius 2 is 1.96 bits per heavy atom. The topological polar surface area (TPSA) is 86.5 Å². The Balaban J connectivity index is 1.27. The van der Waals surface area contributed by atoms with E-state index in [1.165, 1.54) is 11.8 Å². The molecular weight excluding hydrogens is 378 g/mol. The molecule has 8 heteroatoms. The van der Waals surface area contributed by atoms with Crippen LogP contribution >= 0.6 is 11.8 Å². The lowest BCUT2D eigenvalue weighted by Crippen LogP contribution is -2.28. The van der Waals surface area contributed by atoms with Gasteiger partial charge in [0.25, 0.3) is 5.22 Å². The normalized spacial score (nSPS) is 13.3. The number of thioether (sulfide) groups is 1. The number of aromatic nitrogens is 2. The Kier molecular flexibility index (Phi) is 5.48. The Morgan fingerprint density at radius 3 is 2.82 bits per heavy atom. The first-order valence-corrected chi connectivity index (χ1v) is 9.84. The molecular formula is C20H19N3O4S. The summed E-state index contributed by atoms with van der Waals surface area (Å²) in [5.74, 6) is 2.04. The molecule has 0 radical (unpaired) electrons. The molecule has 2 heterocycles. The number of hydrogen-bond donors (Lipinski definition) is 1. The van der Waals surface area contributed by atoms with Crippen LogP contribution in [0.2, 0.25) is 0 Å². The van der Waals surface area contributed by atoms with Gasteiger partial charge in [0.05, 0.1) is 18.2 Å². The molecule has 0 fully saturated rings. The van der Waals surface area contributed by atoms with E-state index >= 15 is 0 Å². The summed E-state index contributed by atoms with van der Waals surface area (Å²) in [7, 11) is 0. The number of fused-ring (bicyclic) bond motifs is 1. The zero-order valence-electron chi connectivity index (χ0n) is 15.3. The van der Waals surface area contributed by atoms with E-state index < -0.39 is 0 Å². The second-order valence-electron chi connectivity index (χ2n) is 6.31. The van der Waals surface area contributed by atoms with Crippen molar-refractivity contribution in [3.63, 3.8) is 0 Å². The van der Waals surface area contributed by atoms with Crippen LogP contribution in [-0.4, -0.2) is 28.7 Å². The summed E-state index contributed by atoms with van der Waals surface area (Å²) < 4.78 is 16.3. The number of carbonyl (C=O) groups is 1. The minimum atomic E-state index is -0.154. The van der Waals surface area contributed by atoms with Gasteiger partial charge in [0.1, 0.15) is 0 Å². The van der Waals surface area contributed by atoms with Crippen LogP contribution in [-0.2, 0) is 11.2 Å². The molecule has 0 spiro atoms. The maximum Gasteiger partial charge on any atom is 0.277 e. The molecule has 0 saturated carbocycles. The number of nitrogens with one attached hydrogen (secondary N) is 1. The molecule has 3 aromatic rings. The summed E-state index contributed by atoms with van der Waals surface area (Å²) in [6, 6.07) is 15.4. The maximum absolute atomic E-state index is 12.3. The maximum atomic E-state index is 12.3. The minimum absolute atomic E-state index is 0.113. The fraction of sp³-hybridized carbons (Fsp3) is 0.250. The van der Waals surface area contributed by atoms with E-state index in [1.54, 1.807) is 0 Å². The molecule has 0 saturated heterocycles. The minimum Gasteiger partial charge on any atom is -0.454 e. The Morgan fingerprint density at radius 1 is 1.14 bits per heavy atom. The van der Waals surface area contributed by atoms with Crippen LogP contribution in [0.3, 0.4) is 0 Å². The van der Waals surface area contributed by atoms with Gasteiger partial charge < -0.3 is 19.2 Å². The molecule has 28 heavy (non-hydrogen) atoms. The monoisotopic (exact) mass is 397 g/mol. The first-order chi connectivity index (χ1) is 13.7. The van der Waals surface area contributed by atoms with E-state index in [9.17, 15) is 4.79 Å². The van der Waals surface area contributed by atoms with Crippen LogP contribution in [0.1, 0.15) is 30.0 Å². The number of ether oxygens (including phenoxy) is 2. The van der Waals surface area contributed by atoms with Crippen LogP contribution in [0.25, 0.3) is 0 Å². The summed E-state index contributed by atoms with van der Waals surface area (Å²) in [4.78, 5) is 12.3. The Labute approximate surface area is 166 Å². The Bertz CT molecular complexity index is 961. The van der Waals surface area contributed by atoms with Crippen LogP contribution in [0.4, 0.5) is 0 Å². The molecule has 0 aliphatic carbocycles. The van der Waals surface area contributed by atoms with Crippen LogP contribution < -0.4 is 14.8 Å². The quantitative estimate of drug-likeness (QED) is 0.612. The molecule has 1 N–H and O–H groups in total. The molecule has 144 valence electrons. The average molecular weight is 397 g/mol. The van der Waals surface area contributed by atoms with Gasteiger partial charge in [-0.25, -0.2) is 0 Å². The van der Waals surface area contributed by atoms with Crippen molar-refractivity contribution in [2.75, 3.05) is 12.5 Å². The number of benzene rings is 2. The highest BCUT2D eigenvalue weighted by molar-refractivity contribution is 7.99. The van der Waals surface area contributed by atoms with Gasteiger partial charge in [-0.1, -0.05) is 48.2 Å². The zero-order valence-corrected chi connectivity index (χ0v) is 16.1. The van der Waals surface area contributed by atoms with Crippen molar-refractivity contribution in [3.8, 4) is 11.5 Å². The standard InChI is InChI=1S/C20H19N3O4S/c1-13(15-7-8-16-17(10-15)26-12-25-16)21-18(24)11-28-20-23-22-19(27-20)9-14-5-3-2-4-6-14/h2-8,10,13H,9,11-12H2,1H3,(H,21,24)/t13-/m0/s1. The summed E-state index contributed by atoms with van der Waals surface area (Å²) in [5.41, 5.74) is 2.04. The van der Waals surface area contributed by atoms with Crippen LogP contribution in [0.5, 0.6) is 11.5 Å². The second-order valence-corrected chi connectivity index (χ2v) is 7.24. The van der Waals surface area contributed by atoms with Crippen molar-refractivity contribution >= 4 is 17.7 Å². The van der Waals surface area contributed by atoms with Crippen molar-refractivity contribution in [1.82, 2.24) is 15.5 Å². The molecule has 1 aliphatic heterocycles. The lowest BCUT2D eigenvalue weighted by Gasteiger charge is -2.14. The van der Waals surface area contributed by atoms with E-state index in [-0.39, 0.29) is 24.5 Å². The van der Waals surface area contributed by atoms with Crippen molar-refractivity contribution < 1.29 is 18.7 Å². The third-order valence-electron chi connectivity index (χ3n) is 4.25. The summed E-state index contributed by atoms with van der Waals surface area (Å²) in [6.45, 7) is 2.15. The number of hydrogen-bond acceptors (Lipinski definition) is 7. The van der Waals surface area contributed by atoms with Crippen molar-refractivity contribution in [1.29, 1.82) is 0 Å². The van der Waals surface area contributed by atoms with Crippen LogP contribution in [0, 0.1) is 0 Å². The van der Waals surface area contributed by atoms with E-state index in [4.69, 9.17) is 13.9 Å². The van der Waals surface area contributed by atoms with Crippen molar-refractivity contribution in [2.24, 2.45) is 0 Å². The van der Waals surface area contributed by atoms with E-state index in [2.05, 4.69) is 15.5 Å². The first-order valence-electron chi connectivity index (χ1n) is 8.85. The molecule has 0 bridgehead atoms. The van der Waals surface area contributed by atoms with Gasteiger partial charge >= 0.3 is 0 Å². The van der Waals surface area contributed by atoms with E-state index in [1.807, 2.05) is 55.5 Å². The van der Waals surface area contributed by atoms with Gasteiger partial charge in [-0.05, 0) is 30.2 Å². The molecule has 1 atom stereocenters. The highest BCUT2D eigenvalue weighted by atomic mass is 32.2. The van der Waals surface area contributed by atoms with E-state index in [0.29, 0.717) is 23.3 Å².